The Hall–Kier alpha value is -7.96. The molecule has 4 aliphatic carbocycles. The van der Waals surface area contributed by atoms with E-state index in [1.807, 2.05) is 79.7 Å². The van der Waals surface area contributed by atoms with E-state index in [-0.39, 0.29) is 106 Å². The minimum Gasteiger partial charge on any atom is -0.481 e. The number of para-hydroxylation sites is 1. The summed E-state index contributed by atoms with van der Waals surface area (Å²) in [6, 6.07) is 24.9. The number of nitrogens with one attached hydrogen (secondary N) is 5. The Labute approximate surface area is 539 Å². The van der Waals surface area contributed by atoms with Crippen LogP contribution >= 0.6 is 0 Å². The number of imide groups is 1. The number of amides is 7. The highest BCUT2D eigenvalue weighted by Gasteiger charge is 2.58. The van der Waals surface area contributed by atoms with E-state index < -0.39 is 58.4 Å². The molecule has 0 spiro atoms. The first-order valence-corrected chi connectivity index (χ1v) is 32.7. The number of carboxylic acid groups (broad SMARTS) is 1. The zero-order valence-electron chi connectivity index (χ0n) is 53.9. The number of benzene rings is 4. The van der Waals surface area contributed by atoms with Crippen LogP contribution in [0.15, 0.2) is 84.9 Å². The normalized spacial score (nSPS) is 23.2. The van der Waals surface area contributed by atoms with Crippen LogP contribution in [-0.4, -0.2) is 124 Å². The van der Waals surface area contributed by atoms with Crippen LogP contribution in [0, 0.1) is 34.5 Å². The smallest absolute Gasteiger partial charge is 0.303 e. The zero-order valence-corrected chi connectivity index (χ0v) is 53.9. The fraction of sp³-hybridized carbons (Fsp3) is 0.528. The summed E-state index contributed by atoms with van der Waals surface area (Å²) >= 11 is 0. The van der Waals surface area contributed by atoms with Crippen LogP contribution in [0.3, 0.4) is 0 Å². The molecule has 20 nitrogen and oxygen atoms in total. The Morgan fingerprint density at radius 2 is 1.17 bits per heavy atom. The number of nitrogen functional groups attached to an aromatic ring is 1. The number of nitrogens with zero attached hydrogens (tertiary/aromatic N) is 1. The predicted octanol–water partition coefficient (Wildman–Crippen LogP) is 7.72. The maximum atomic E-state index is 14.8. The van der Waals surface area contributed by atoms with Crippen molar-refractivity contribution in [2.75, 3.05) is 75.4 Å². The van der Waals surface area contributed by atoms with Crippen LogP contribution in [0.1, 0.15) is 157 Å². The number of carboxylic acids is 1. The van der Waals surface area contributed by atoms with Crippen molar-refractivity contribution in [2.24, 2.45) is 22.7 Å². The predicted molar refractivity (Wildman–Crippen MR) is 348 cm³/mol. The molecule has 2 saturated carbocycles. The molecule has 4 aromatic carbocycles. The Bertz CT molecular complexity index is 3450. The Balaban J connectivity index is 0.644. The molecule has 5 aliphatic rings. The van der Waals surface area contributed by atoms with Gasteiger partial charge < -0.3 is 56.0 Å². The van der Waals surface area contributed by atoms with E-state index >= 15 is 0 Å². The SMILES string of the molecule is C[C@H](NC(=O)[C@H](CCC(=O)O)NC(=O)CCOCCOCCOCCOCCNC(=O)CCC(=O)N1Cc2ccccc2C#Cc2ccccc21)C(=O)Nc1ccc2c(c1)[C@@]1(C)CCC[C@](C)(C(=O)NC(=O)[C@@]3(C)CCC[C@]4(C)c5cc(N)ccc5CC[C@@H]34)[C@@H]1CC2. The van der Waals surface area contributed by atoms with E-state index in [0.29, 0.717) is 44.9 Å². The summed E-state index contributed by atoms with van der Waals surface area (Å²) in [5.74, 6) is 2.57. The van der Waals surface area contributed by atoms with E-state index in [2.05, 4.69) is 71.3 Å². The number of aliphatic carboxylic acids is 1. The van der Waals surface area contributed by atoms with Gasteiger partial charge in [-0.2, -0.15) is 0 Å². The van der Waals surface area contributed by atoms with Crippen LogP contribution in [0.5, 0.6) is 0 Å². The van der Waals surface area contributed by atoms with Crippen LogP contribution in [-0.2, 0) is 87.5 Å². The molecule has 1 heterocycles. The molecule has 8 atom stereocenters. The number of aryl methyl sites for hydroxylation is 2. The molecule has 4 aromatic rings. The lowest BCUT2D eigenvalue weighted by Crippen LogP contribution is -2.60. The van der Waals surface area contributed by atoms with Crippen LogP contribution in [0.25, 0.3) is 0 Å². The maximum absolute atomic E-state index is 14.8. The molecule has 9 rings (SSSR count). The number of carbonyl (C=O) groups excluding carboxylic acids is 7. The van der Waals surface area contributed by atoms with Crippen LogP contribution in [0.4, 0.5) is 17.1 Å². The highest BCUT2D eigenvalue weighted by atomic mass is 16.6. The average molecular weight is 1260 g/mol. The number of rotatable bonds is 28. The third-order valence-corrected chi connectivity index (χ3v) is 20.2. The van der Waals surface area contributed by atoms with Crippen molar-refractivity contribution in [3.63, 3.8) is 0 Å². The first kappa shape index (κ1) is 68.4. The largest absolute Gasteiger partial charge is 0.481 e. The molecule has 7 amide bonds. The van der Waals surface area contributed by atoms with Crippen molar-refractivity contribution in [2.45, 2.75) is 160 Å². The number of ether oxygens (including phenoxy) is 4. The van der Waals surface area contributed by atoms with Crippen molar-refractivity contribution in [1.29, 1.82) is 0 Å². The van der Waals surface area contributed by atoms with Crippen molar-refractivity contribution >= 4 is 64.4 Å². The van der Waals surface area contributed by atoms with E-state index in [0.717, 1.165) is 90.6 Å². The van der Waals surface area contributed by atoms with Gasteiger partial charge >= 0.3 is 5.97 Å². The summed E-state index contributed by atoms with van der Waals surface area (Å²) in [5, 5.41) is 23.5. The fourth-order valence-electron chi connectivity index (χ4n) is 15.2. The Morgan fingerprint density at radius 1 is 0.609 bits per heavy atom. The first-order valence-electron chi connectivity index (χ1n) is 32.7. The number of hydrogen-bond donors (Lipinski definition) is 7. The van der Waals surface area contributed by atoms with Crippen molar-refractivity contribution in [3.05, 3.63) is 124 Å². The Kier molecular flexibility index (Phi) is 22.8. The molecule has 0 bridgehead atoms. The number of nitrogens with two attached hydrogens (primary N) is 1. The minimum absolute atomic E-state index is 0.00581. The van der Waals surface area contributed by atoms with Crippen LogP contribution < -0.4 is 37.2 Å². The van der Waals surface area contributed by atoms with Gasteiger partial charge in [-0.25, -0.2) is 0 Å². The quantitative estimate of drug-likeness (QED) is 0.0124. The number of anilines is 3. The third kappa shape index (κ3) is 16.1. The minimum atomic E-state index is -1.24. The first-order chi connectivity index (χ1) is 44.1. The van der Waals surface area contributed by atoms with Gasteiger partial charge in [0, 0.05) is 54.7 Å². The molecular weight excluding hydrogens is 1170 g/mol. The fourth-order valence-corrected chi connectivity index (χ4v) is 15.2. The summed E-state index contributed by atoms with van der Waals surface area (Å²) in [5.41, 5.74) is 13.2. The zero-order chi connectivity index (χ0) is 65.6. The summed E-state index contributed by atoms with van der Waals surface area (Å²) in [7, 11) is 0. The molecule has 92 heavy (non-hydrogen) atoms. The van der Waals surface area contributed by atoms with Gasteiger partial charge in [0.25, 0.3) is 0 Å². The van der Waals surface area contributed by atoms with Gasteiger partial charge in [-0.3, -0.25) is 43.7 Å². The molecule has 1 aliphatic heterocycles. The van der Waals surface area contributed by atoms with Gasteiger partial charge in [0.1, 0.15) is 12.1 Å². The van der Waals surface area contributed by atoms with Gasteiger partial charge in [-0.15, -0.1) is 0 Å². The van der Waals surface area contributed by atoms with E-state index in [9.17, 15) is 43.5 Å². The van der Waals surface area contributed by atoms with Gasteiger partial charge in [0.15, 0.2) is 0 Å². The highest BCUT2D eigenvalue weighted by molar-refractivity contribution is 6.01. The lowest BCUT2D eigenvalue weighted by atomic mass is 9.49. The molecule has 2 fully saturated rings. The summed E-state index contributed by atoms with van der Waals surface area (Å²) in [4.78, 5) is 109. The van der Waals surface area contributed by atoms with Gasteiger partial charge in [-0.1, -0.05) is 94.8 Å². The monoisotopic (exact) mass is 1260 g/mol. The second-order valence-electron chi connectivity index (χ2n) is 26.4. The molecule has 20 heteroatoms. The topological polar surface area (TPSA) is 283 Å². The molecule has 0 unspecified atom stereocenters. The van der Waals surface area contributed by atoms with Gasteiger partial charge in [0.05, 0.1) is 75.9 Å². The second-order valence-corrected chi connectivity index (χ2v) is 26.4. The van der Waals surface area contributed by atoms with Crippen molar-refractivity contribution in [3.8, 4) is 11.8 Å². The van der Waals surface area contributed by atoms with E-state index in [4.69, 9.17) is 24.7 Å². The average Bonchev–Trinajstić information content (AvgIpc) is 0.729. The number of fused-ring (bicyclic) bond motifs is 8. The Morgan fingerprint density at radius 3 is 1.82 bits per heavy atom. The van der Waals surface area contributed by atoms with Gasteiger partial charge in [0.2, 0.25) is 41.4 Å². The molecular formula is C72H91N7O13. The molecule has 0 radical (unpaired) electrons. The number of carbonyl (C=O) groups is 8. The summed E-state index contributed by atoms with van der Waals surface area (Å²) < 4.78 is 22.3. The third-order valence-electron chi connectivity index (χ3n) is 20.2. The highest BCUT2D eigenvalue weighted by Crippen LogP contribution is 2.60. The molecule has 0 aromatic heterocycles. The lowest BCUT2D eigenvalue weighted by Gasteiger charge is -2.56. The molecule has 0 saturated heterocycles. The molecule has 8 N–H and O–H groups in total. The van der Waals surface area contributed by atoms with Gasteiger partial charge in [-0.05, 0) is 158 Å². The standard InChI is InChI=1S/C72H91N7O13/c1-47(65(85)76-54-23-19-50-21-26-60-70(3,56(50)45-54)32-11-34-72(60,5)68(88)78-67(87)71(4)33-10-31-69(2)55-44-53(73)22-18-49(55)20-25-59(69)71)75-66(86)57(24-29-64(83)84)77-62(81)30-36-89-38-40-91-42-43-92-41-39-90-37-35-74-61(80)27-28-63(82)79-46-52-14-7-6-12-48(52)16-17-51-13-8-9-15-58(51)79/h6-9,12-15,18-19,22-23,44-45,47,57,59-60H,10-11,20-21,24-43,46,73H2,1-5H3,(H,74,80)(H,75,86)(H,76,85)(H,77,81)(H,83,84)(H,78,87,88)/t47-,57-,59+,60+,69+,70+,71-,72-/m0/s1. The molecule has 492 valence electrons. The maximum Gasteiger partial charge on any atom is 0.303 e. The summed E-state index contributed by atoms with van der Waals surface area (Å²) in [6.45, 7) is 12.5. The lowest BCUT2D eigenvalue weighted by molar-refractivity contribution is -0.150. The second kappa shape index (κ2) is 30.6. The number of hydrogen-bond acceptors (Lipinski definition) is 13. The van der Waals surface area contributed by atoms with E-state index in [1.54, 1.807) is 4.90 Å². The van der Waals surface area contributed by atoms with Crippen molar-refractivity contribution < 1.29 is 62.4 Å². The van der Waals surface area contributed by atoms with Crippen molar-refractivity contribution in [1.82, 2.24) is 21.3 Å². The van der Waals surface area contributed by atoms with Crippen LogP contribution in [0.2, 0.25) is 0 Å². The summed E-state index contributed by atoms with van der Waals surface area (Å²) in [6.07, 6.45) is 7.30. The van der Waals surface area contributed by atoms with E-state index in [1.165, 1.54) is 18.1 Å².